The Balaban J connectivity index is 1.80. The smallest absolute Gasteiger partial charge is 0.350 e. The summed E-state index contributed by atoms with van der Waals surface area (Å²) in [6, 6.07) is 15.6. The van der Waals surface area contributed by atoms with Crippen molar-refractivity contribution < 1.29 is 4.74 Å². The van der Waals surface area contributed by atoms with Gasteiger partial charge in [-0.15, -0.1) is 9.78 Å². The number of nitrogens with two attached hydrogens (primary N) is 1. The third-order valence-electron chi connectivity index (χ3n) is 5.61. The number of amidine groups is 1. The van der Waals surface area contributed by atoms with Gasteiger partial charge < -0.3 is 10.5 Å². The maximum absolute atomic E-state index is 12.7. The van der Waals surface area contributed by atoms with E-state index in [0.717, 1.165) is 23.1 Å². The minimum atomic E-state index is -0.401. The monoisotopic (exact) mass is 457 g/mol. The van der Waals surface area contributed by atoms with Gasteiger partial charge in [-0.3, -0.25) is 10.4 Å². The number of benzene rings is 2. The van der Waals surface area contributed by atoms with Gasteiger partial charge in [0, 0.05) is 31.0 Å². The van der Waals surface area contributed by atoms with Gasteiger partial charge in [-0.1, -0.05) is 49.4 Å². The van der Waals surface area contributed by atoms with Crippen molar-refractivity contribution in [3.8, 4) is 5.95 Å². The third kappa shape index (κ3) is 5.10. The summed E-state index contributed by atoms with van der Waals surface area (Å²) in [5, 5.41) is 12.2. The average molecular weight is 458 g/mol. The maximum Gasteiger partial charge on any atom is 0.350 e. The number of aryl methyl sites for hydroxylation is 1. The van der Waals surface area contributed by atoms with Crippen molar-refractivity contribution in [3.63, 3.8) is 0 Å². The summed E-state index contributed by atoms with van der Waals surface area (Å²) in [7, 11) is 1.67. The van der Waals surface area contributed by atoms with Crippen molar-refractivity contribution >= 4 is 5.84 Å². The van der Waals surface area contributed by atoms with Gasteiger partial charge in [-0.2, -0.15) is 0 Å². The minimum Gasteiger partial charge on any atom is -0.384 e. The molecule has 0 saturated carbocycles. The van der Waals surface area contributed by atoms with Crippen molar-refractivity contribution in [2.45, 2.75) is 32.3 Å². The Morgan fingerprint density at radius 1 is 1.12 bits per heavy atom. The zero-order valence-electron chi connectivity index (χ0n) is 19.2. The topological polar surface area (TPSA) is 136 Å². The van der Waals surface area contributed by atoms with Crippen LogP contribution in [0, 0.1) is 5.41 Å². The lowest BCUT2D eigenvalue weighted by Crippen LogP contribution is -2.18. The maximum atomic E-state index is 12.7. The summed E-state index contributed by atoms with van der Waals surface area (Å²) in [6.45, 7) is 2.60. The number of nitrogens with zero attached hydrogens (tertiary/aromatic N) is 4. The number of H-pyrrole nitrogens is 1. The number of aromatic amines is 1. The van der Waals surface area contributed by atoms with E-state index >= 15 is 0 Å². The Bertz CT molecular complexity index is 1330. The Kier molecular flexibility index (Phi) is 6.93. The largest absolute Gasteiger partial charge is 0.384 e. The standard InChI is InChI=1S/C25H27N7O2/c1-3-16-11-18(15-34-2)13-20(12-16)21(14-17-5-7-19(8-6-17)22(26)27)23-30-25(33)32(31-23)24-28-9-4-10-29-24/h4-13,21H,3,14-15H2,1-2H3,(H3,26,27)(H,30,31,33). The number of rotatable bonds is 9. The van der Waals surface area contributed by atoms with Gasteiger partial charge >= 0.3 is 5.69 Å². The molecule has 34 heavy (non-hydrogen) atoms. The summed E-state index contributed by atoms with van der Waals surface area (Å²) < 4.78 is 6.56. The van der Waals surface area contributed by atoms with Crippen LogP contribution >= 0.6 is 0 Å². The molecule has 0 bridgehead atoms. The van der Waals surface area contributed by atoms with Crippen LogP contribution in [0.3, 0.4) is 0 Å². The first-order valence-corrected chi connectivity index (χ1v) is 11.0. The number of methoxy groups -OCH3 is 1. The SMILES string of the molecule is CCc1cc(COC)cc(C(Cc2ccc(C(=N)N)cc2)c2nn(-c3ncccn3)c(=O)[nH]2)c1. The molecule has 9 nitrogen and oxygen atoms in total. The molecule has 0 fully saturated rings. The number of ether oxygens (including phenoxy) is 1. The van der Waals surface area contributed by atoms with Crippen LogP contribution in [0.1, 0.15) is 46.5 Å². The Morgan fingerprint density at radius 2 is 1.82 bits per heavy atom. The Morgan fingerprint density at radius 3 is 2.47 bits per heavy atom. The van der Waals surface area contributed by atoms with Crippen LogP contribution in [0.4, 0.5) is 0 Å². The second kappa shape index (κ2) is 10.2. The molecule has 0 amide bonds. The molecule has 0 spiro atoms. The highest BCUT2D eigenvalue weighted by Gasteiger charge is 2.22. The molecule has 4 N–H and O–H groups in total. The van der Waals surface area contributed by atoms with Gasteiger partial charge in [-0.25, -0.2) is 14.8 Å². The molecule has 9 heteroatoms. The lowest BCUT2D eigenvalue weighted by Gasteiger charge is -2.18. The molecule has 0 aliphatic heterocycles. The number of hydrogen-bond acceptors (Lipinski definition) is 6. The molecule has 0 aliphatic rings. The van der Waals surface area contributed by atoms with Crippen LogP contribution in [0.15, 0.2) is 65.7 Å². The normalized spacial score (nSPS) is 11.9. The Labute approximate surface area is 197 Å². The van der Waals surface area contributed by atoms with Crippen LogP contribution in [0.2, 0.25) is 0 Å². The highest BCUT2D eigenvalue weighted by Crippen LogP contribution is 2.28. The van der Waals surface area contributed by atoms with Gasteiger partial charge in [0.05, 0.1) is 6.61 Å². The zero-order valence-corrected chi connectivity index (χ0v) is 19.2. The molecule has 0 radical (unpaired) electrons. The molecule has 0 aliphatic carbocycles. The lowest BCUT2D eigenvalue weighted by atomic mass is 9.88. The fourth-order valence-corrected chi connectivity index (χ4v) is 3.91. The van der Waals surface area contributed by atoms with E-state index in [-0.39, 0.29) is 17.7 Å². The van der Waals surface area contributed by atoms with E-state index in [9.17, 15) is 4.79 Å². The van der Waals surface area contributed by atoms with Crippen LogP contribution in [0.5, 0.6) is 0 Å². The van der Waals surface area contributed by atoms with E-state index in [4.69, 9.17) is 15.9 Å². The number of aromatic nitrogens is 5. The molecule has 2 heterocycles. The van der Waals surface area contributed by atoms with Gasteiger partial charge in [-0.05, 0) is 41.2 Å². The molecule has 4 aromatic rings. The molecule has 1 atom stereocenters. The van der Waals surface area contributed by atoms with Crippen molar-refractivity contribution in [2.75, 3.05) is 7.11 Å². The van der Waals surface area contributed by atoms with Gasteiger partial charge in [0.15, 0.2) is 0 Å². The van der Waals surface area contributed by atoms with Crippen molar-refractivity contribution in [2.24, 2.45) is 5.73 Å². The lowest BCUT2D eigenvalue weighted by molar-refractivity contribution is 0.184. The van der Waals surface area contributed by atoms with Crippen molar-refractivity contribution in [1.82, 2.24) is 24.7 Å². The highest BCUT2D eigenvalue weighted by molar-refractivity contribution is 5.94. The quantitative estimate of drug-likeness (QED) is 0.261. The first-order chi connectivity index (χ1) is 16.5. The van der Waals surface area contributed by atoms with Crippen LogP contribution in [-0.2, 0) is 24.2 Å². The molecule has 0 saturated heterocycles. The second-order valence-corrected chi connectivity index (χ2v) is 8.01. The van der Waals surface area contributed by atoms with Gasteiger partial charge in [0.2, 0.25) is 0 Å². The molecular weight excluding hydrogens is 430 g/mol. The first-order valence-electron chi connectivity index (χ1n) is 11.0. The molecule has 1 unspecified atom stereocenters. The van der Waals surface area contributed by atoms with E-state index < -0.39 is 5.69 Å². The molecule has 4 rings (SSSR count). The fourth-order valence-electron chi connectivity index (χ4n) is 3.91. The van der Waals surface area contributed by atoms with Crippen LogP contribution < -0.4 is 11.4 Å². The Hall–Kier alpha value is -4.11. The summed E-state index contributed by atoms with van der Waals surface area (Å²) in [4.78, 5) is 24.0. The molecule has 2 aromatic heterocycles. The highest BCUT2D eigenvalue weighted by atomic mass is 16.5. The second-order valence-electron chi connectivity index (χ2n) is 8.01. The van der Waals surface area contributed by atoms with E-state index in [1.807, 2.05) is 24.3 Å². The number of hydrogen-bond donors (Lipinski definition) is 3. The third-order valence-corrected chi connectivity index (χ3v) is 5.61. The van der Waals surface area contributed by atoms with Crippen LogP contribution in [-0.4, -0.2) is 37.7 Å². The summed E-state index contributed by atoms with van der Waals surface area (Å²) in [6.07, 6.45) is 4.59. The van der Waals surface area contributed by atoms with E-state index in [0.29, 0.717) is 24.4 Å². The molecular formula is C25H27N7O2. The first kappa shape index (κ1) is 23.1. The van der Waals surface area contributed by atoms with Crippen molar-refractivity contribution in [3.05, 3.63) is 105 Å². The van der Waals surface area contributed by atoms with E-state index in [1.54, 1.807) is 25.6 Å². The molecule has 174 valence electrons. The van der Waals surface area contributed by atoms with Crippen LogP contribution in [0.25, 0.3) is 5.95 Å². The summed E-state index contributed by atoms with van der Waals surface area (Å²) in [5.74, 6) is 0.517. The van der Waals surface area contributed by atoms with E-state index in [2.05, 4.69) is 45.2 Å². The van der Waals surface area contributed by atoms with Gasteiger partial charge in [0.25, 0.3) is 5.95 Å². The zero-order chi connectivity index (χ0) is 24.1. The summed E-state index contributed by atoms with van der Waals surface area (Å²) >= 11 is 0. The number of nitrogens with one attached hydrogen (secondary N) is 2. The molecule has 2 aromatic carbocycles. The van der Waals surface area contributed by atoms with Crippen molar-refractivity contribution in [1.29, 1.82) is 5.41 Å². The predicted octanol–water partition coefficient (Wildman–Crippen LogP) is 2.72. The number of nitrogen functional groups attached to an aromatic ring is 1. The summed E-state index contributed by atoms with van der Waals surface area (Å²) in [5.41, 5.74) is 10.1. The average Bonchev–Trinajstić information content (AvgIpc) is 3.24. The minimum absolute atomic E-state index is 0.0221. The van der Waals surface area contributed by atoms with Gasteiger partial charge in [0.1, 0.15) is 11.7 Å². The predicted molar refractivity (Wildman–Crippen MR) is 129 cm³/mol. The fraction of sp³-hybridized carbons (Fsp3) is 0.240. The van der Waals surface area contributed by atoms with E-state index in [1.165, 1.54) is 10.2 Å².